The summed E-state index contributed by atoms with van der Waals surface area (Å²) >= 11 is 0. The third-order valence-corrected chi connectivity index (χ3v) is 2.99. The Labute approximate surface area is 86.7 Å². The Morgan fingerprint density at radius 2 is 2.36 bits per heavy atom. The third-order valence-electron chi connectivity index (χ3n) is 2.99. The molecule has 1 aliphatic rings. The van der Waals surface area contributed by atoms with Gasteiger partial charge in [-0.1, -0.05) is 43.7 Å². The van der Waals surface area contributed by atoms with E-state index < -0.39 is 0 Å². The van der Waals surface area contributed by atoms with Gasteiger partial charge in [0.2, 0.25) is 0 Å². The molecule has 1 unspecified atom stereocenters. The van der Waals surface area contributed by atoms with Crippen LogP contribution >= 0.6 is 0 Å². The molecular formula is C13H19N. The van der Waals surface area contributed by atoms with Gasteiger partial charge >= 0.3 is 0 Å². The Hall–Kier alpha value is -1.11. The topological polar surface area (TPSA) is 23.9 Å². The molecule has 0 aromatic carbocycles. The van der Waals surface area contributed by atoms with Crippen LogP contribution in [0.3, 0.4) is 0 Å². The van der Waals surface area contributed by atoms with E-state index in [-0.39, 0.29) is 5.41 Å². The van der Waals surface area contributed by atoms with Gasteiger partial charge in [-0.3, -0.25) is 0 Å². The number of nitrogens with one attached hydrogen (secondary N) is 1. The van der Waals surface area contributed by atoms with E-state index in [4.69, 9.17) is 5.41 Å². The van der Waals surface area contributed by atoms with Gasteiger partial charge in [0.15, 0.2) is 0 Å². The molecule has 0 saturated heterocycles. The van der Waals surface area contributed by atoms with E-state index in [0.717, 1.165) is 18.4 Å². The van der Waals surface area contributed by atoms with Gasteiger partial charge in [-0.25, -0.2) is 0 Å². The fourth-order valence-corrected chi connectivity index (χ4v) is 1.82. The molecule has 0 radical (unpaired) electrons. The highest BCUT2D eigenvalue weighted by molar-refractivity contribution is 5.78. The van der Waals surface area contributed by atoms with Crippen molar-refractivity contribution in [1.29, 1.82) is 5.41 Å². The van der Waals surface area contributed by atoms with E-state index in [1.165, 1.54) is 11.8 Å². The molecule has 1 N–H and O–H groups in total. The molecule has 0 aliphatic heterocycles. The molecule has 76 valence electrons. The van der Waals surface area contributed by atoms with Crippen molar-refractivity contribution in [3.05, 3.63) is 35.5 Å². The van der Waals surface area contributed by atoms with Gasteiger partial charge in [-0.2, -0.15) is 0 Å². The maximum atomic E-state index is 7.37. The van der Waals surface area contributed by atoms with Crippen molar-refractivity contribution in [2.45, 2.75) is 33.6 Å². The van der Waals surface area contributed by atoms with Gasteiger partial charge in [-0.05, 0) is 25.3 Å². The van der Waals surface area contributed by atoms with Crippen molar-refractivity contribution in [3.8, 4) is 0 Å². The second-order valence-corrected chi connectivity index (χ2v) is 3.98. The largest absolute Gasteiger partial charge is 0.308 e. The highest BCUT2D eigenvalue weighted by Crippen LogP contribution is 2.36. The molecule has 0 aromatic heterocycles. The summed E-state index contributed by atoms with van der Waals surface area (Å²) in [7, 11) is 0. The molecule has 0 aromatic rings. The summed E-state index contributed by atoms with van der Waals surface area (Å²) < 4.78 is 0. The number of rotatable bonds is 3. The number of hydrogen-bond donors (Lipinski definition) is 1. The zero-order valence-electron chi connectivity index (χ0n) is 9.30. The van der Waals surface area contributed by atoms with Crippen LogP contribution in [0.25, 0.3) is 0 Å². The average Bonchev–Trinajstić information content (AvgIpc) is 2.20. The SMILES string of the molecule is C/C=C(\C=N)C1(C)C=CC(CC)=CC1. The zero-order valence-corrected chi connectivity index (χ0v) is 9.30. The van der Waals surface area contributed by atoms with Crippen molar-refractivity contribution in [3.63, 3.8) is 0 Å². The Morgan fingerprint density at radius 3 is 2.71 bits per heavy atom. The fraction of sp³-hybridized carbons (Fsp3) is 0.462. The van der Waals surface area contributed by atoms with Gasteiger partial charge in [0.25, 0.3) is 0 Å². The quantitative estimate of drug-likeness (QED) is 0.651. The van der Waals surface area contributed by atoms with Crippen LogP contribution in [0, 0.1) is 10.8 Å². The van der Waals surface area contributed by atoms with Crippen molar-refractivity contribution < 1.29 is 0 Å². The molecule has 0 amide bonds. The average molecular weight is 189 g/mol. The van der Waals surface area contributed by atoms with Gasteiger partial charge in [-0.15, -0.1) is 0 Å². The lowest BCUT2D eigenvalue weighted by atomic mass is 9.75. The molecular weight excluding hydrogens is 170 g/mol. The molecule has 0 bridgehead atoms. The first kappa shape index (κ1) is 11.0. The molecule has 14 heavy (non-hydrogen) atoms. The smallest absolute Gasteiger partial charge is 0.0215 e. The van der Waals surface area contributed by atoms with Crippen LogP contribution in [0.5, 0.6) is 0 Å². The van der Waals surface area contributed by atoms with Crippen molar-refractivity contribution in [2.24, 2.45) is 5.41 Å². The highest BCUT2D eigenvalue weighted by atomic mass is 14.4. The Morgan fingerprint density at radius 1 is 1.64 bits per heavy atom. The van der Waals surface area contributed by atoms with E-state index >= 15 is 0 Å². The molecule has 0 spiro atoms. The maximum absolute atomic E-state index is 7.37. The lowest BCUT2D eigenvalue weighted by molar-refractivity contribution is 0.534. The van der Waals surface area contributed by atoms with Crippen molar-refractivity contribution in [2.75, 3.05) is 0 Å². The standard InChI is InChI=1S/C13H19N/c1-4-11-6-8-13(3,9-7-11)12(5-2)10-14/h5-8,10,14H,4,9H2,1-3H3/b12-5+,14-10?. The molecule has 1 atom stereocenters. The van der Waals surface area contributed by atoms with E-state index in [1.807, 2.05) is 13.0 Å². The van der Waals surface area contributed by atoms with Crippen LogP contribution in [0.4, 0.5) is 0 Å². The Kier molecular flexibility index (Phi) is 3.45. The van der Waals surface area contributed by atoms with Crippen LogP contribution in [0.1, 0.15) is 33.6 Å². The van der Waals surface area contributed by atoms with Gasteiger partial charge in [0.05, 0.1) is 0 Å². The highest BCUT2D eigenvalue weighted by Gasteiger charge is 2.25. The van der Waals surface area contributed by atoms with Crippen LogP contribution in [0.2, 0.25) is 0 Å². The summed E-state index contributed by atoms with van der Waals surface area (Å²) in [6.45, 7) is 6.36. The van der Waals surface area contributed by atoms with E-state index in [2.05, 4.69) is 32.1 Å². The van der Waals surface area contributed by atoms with Crippen LogP contribution in [-0.4, -0.2) is 6.21 Å². The Balaban J connectivity index is 2.88. The fourth-order valence-electron chi connectivity index (χ4n) is 1.82. The number of allylic oxidation sites excluding steroid dienone is 6. The predicted molar refractivity (Wildman–Crippen MR) is 62.8 cm³/mol. The first-order chi connectivity index (χ1) is 6.66. The summed E-state index contributed by atoms with van der Waals surface area (Å²) in [6.07, 6.45) is 12.3. The monoisotopic (exact) mass is 189 g/mol. The number of hydrogen-bond acceptors (Lipinski definition) is 1. The van der Waals surface area contributed by atoms with Crippen LogP contribution < -0.4 is 0 Å². The summed E-state index contributed by atoms with van der Waals surface area (Å²) in [5.74, 6) is 0. The summed E-state index contributed by atoms with van der Waals surface area (Å²) in [5.41, 5.74) is 2.54. The van der Waals surface area contributed by atoms with E-state index in [0.29, 0.717) is 0 Å². The first-order valence-corrected chi connectivity index (χ1v) is 5.22. The zero-order chi connectivity index (χ0) is 10.6. The van der Waals surface area contributed by atoms with Crippen LogP contribution in [0.15, 0.2) is 35.5 Å². The second kappa shape index (κ2) is 4.41. The molecule has 1 rings (SSSR count). The van der Waals surface area contributed by atoms with E-state index in [1.54, 1.807) is 0 Å². The molecule has 0 saturated carbocycles. The maximum Gasteiger partial charge on any atom is 0.0215 e. The predicted octanol–water partition coefficient (Wildman–Crippen LogP) is 3.88. The summed E-state index contributed by atoms with van der Waals surface area (Å²) in [4.78, 5) is 0. The second-order valence-electron chi connectivity index (χ2n) is 3.98. The van der Waals surface area contributed by atoms with Crippen molar-refractivity contribution in [1.82, 2.24) is 0 Å². The third kappa shape index (κ3) is 2.03. The minimum absolute atomic E-state index is 0.0369. The molecule has 1 nitrogen and oxygen atoms in total. The lowest BCUT2D eigenvalue weighted by Gasteiger charge is -2.28. The van der Waals surface area contributed by atoms with Gasteiger partial charge in [0.1, 0.15) is 0 Å². The molecule has 0 heterocycles. The summed E-state index contributed by atoms with van der Waals surface area (Å²) in [5, 5.41) is 7.37. The molecule has 1 aliphatic carbocycles. The minimum Gasteiger partial charge on any atom is -0.308 e. The minimum atomic E-state index is 0.0369. The molecule has 0 fully saturated rings. The normalized spacial score (nSPS) is 27.4. The van der Waals surface area contributed by atoms with Gasteiger partial charge < -0.3 is 5.41 Å². The molecule has 1 heteroatoms. The van der Waals surface area contributed by atoms with Gasteiger partial charge in [0, 0.05) is 11.6 Å². The summed E-state index contributed by atoms with van der Waals surface area (Å²) in [6, 6.07) is 0. The first-order valence-electron chi connectivity index (χ1n) is 5.22. The lowest BCUT2D eigenvalue weighted by Crippen LogP contribution is -2.18. The van der Waals surface area contributed by atoms with Crippen molar-refractivity contribution >= 4 is 6.21 Å². The van der Waals surface area contributed by atoms with E-state index in [9.17, 15) is 0 Å². The van der Waals surface area contributed by atoms with Crippen LogP contribution in [-0.2, 0) is 0 Å². The Bertz CT molecular complexity index is 307.